The van der Waals surface area contributed by atoms with Gasteiger partial charge in [0.25, 0.3) is 0 Å². The van der Waals surface area contributed by atoms with Crippen LogP contribution in [0.1, 0.15) is 38.0 Å². The van der Waals surface area contributed by atoms with Gasteiger partial charge in [0.15, 0.2) is 0 Å². The number of nitrogens with two attached hydrogens (primary N) is 1. The van der Waals surface area contributed by atoms with Crippen molar-refractivity contribution in [2.24, 2.45) is 11.7 Å². The van der Waals surface area contributed by atoms with Gasteiger partial charge < -0.3 is 5.73 Å². The predicted octanol–water partition coefficient (Wildman–Crippen LogP) is 3.09. The third kappa shape index (κ3) is 3.09. The molecule has 1 heterocycles. The number of nitrogens with zero attached hydrogens (tertiary/aromatic N) is 1. The molecule has 3 heteroatoms. The molecule has 2 nitrogen and oxygen atoms in total. The topological polar surface area (TPSA) is 29.3 Å². The van der Waals surface area contributed by atoms with Gasteiger partial charge >= 0.3 is 0 Å². The Kier molecular flexibility index (Phi) is 4.60. The fourth-order valence-corrected chi connectivity index (χ4v) is 3.40. The summed E-state index contributed by atoms with van der Waals surface area (Å²) in [6, 6.07) is 5.52. The number of hydrogen-bond acceptors (Lipinski definition) is 3. The van der Waals surface area contributed by atoms with E-state index < -0.39 is 0 Å². The van der Waals surface area contributed by atoms with Gasteiger partial charge in [0.1, 0.15) is 0 Å². The van der Waals surface area contributed by atoms with Crippen molar-refractivity contribution in [1.82, 2.24) is 4.90 Å². The molecule has 0 amide bonds. The molecule has 0 spiro atoms. The maximum atomic E-state index is 6.01. The molecule has 0 bridgehead atoms. The molecule has 0 saturated heterocycles. The molecule has 0 aromatic carbocycles. The first-order valence-corrected chi connectivity index (χ1v) is 7.58. The Labute approximate surface area is 109 Å². The lowest BCUT2D eigenvalue weighted by Gasteiger charge is -2.42. The fraction of sp³-hybridized carbons (Fsp3) is 0.714. The Morgan fingerprint density at radius 1 is 1.47 bits per heavy atom. The Balaban J connectivity index is 2.04. The standard InChI is InChI=1S/C14H24N2S/c1-11(2)16(10-13-7-4-8-17-13)14(9-15)12-5-3-6-12/h4,7-8,11-12,14H,3,5-6,9-10,15H2,1-2H3. The van der Waals surface area contributed by atoms with Crippen LogP contribution < -0.4 is 5.73 Å². The van der Waals surface area contributed by atoms with Crippen LogP contribution >= 0.6 is 11.3 Å². The summed E-state index contributed by atoms with van der Waals surface area (Å²) in [5, 5.41) is 2.16. The van der Waals surface area contributed by atoms with Gasteiger partial charge in [-0.2, -0.15) is 0 Å². The number of rotatable bonds is 6. The van der Waals surface area contributed by atoms with E-state index in [1.165, 1.54) is 24.1 Å². The second kappa shape index (κ2) is 5.98. The van der Waals surface area contributed by atoms with E-state index in [4.69, 9.17) is 5.73 Å². The molecule has 1 aliphatic rings. The molecule has 1 saturated carbocycles. The minimum absolute atomic E-state index is 0.575. The van der Waals surface area contributed by atoms with E-state index in [0.29, 0.717) is 12.1 Å². The Morgan fingerprint density at radius 3 is 2.65 bits per heavy atom. The van der Waals surface area contributed by atoms with Gasteiger partial charge in [-0.1, -0.05) is 12.5 Å². The summed E-state index contributed by atoms with van der Waals surface area (Å²) >= 11 is 1.85. The van der Waals surface area contributed by atoms with Gasteiger partial charge in [-0.25, -0.2) is 0 Å². The fourth-order valence-electron chi connectivity index (χ4n) is 2.69. The van der Waals surface area contributed by atoms with E-state index in [1.54, 1.807) is 0 Å². The minimum atomic E-state index is 0.575. The van der Waals surface area contributed by atoms with Gasteiger partial charge in [0.2, 0.25) is 0 Å². The normalized spacial score (nSPS) is 18.6. The van der Waals surface area contributed by atoms with E-state index in [-0.39, 0.29) is 0 Å². The molecule has 1 aliphatic carbocycles. The van der Waals surface area contributed by atoms with E-state index in [2.05, 4.69) is 36.3 Å². The van der Waals surface area contributed by atoms with Crippen molar-refractivity contribution < 1.29 is 0 Å². The SMILES string of the molecule is CC(C)N(Cc1cccs1)C(CN)C1CCC1. The molecule has 1 atom stereocenters. The molecule has 2 N–H and O–H groups in total. The highest BCUT2D eigenvalue weighted by Crippen LogP contribution is 2.33. The van der Waals surface area contributed by atoms with Crippen LogP contribution in [0.25, 0.3) is 0 Å². The van der Waals surface area contributed by atoms with Crippen LogP contribution in [0.15, 0.2) is 17.5 Å². The van der Waals surface area contributed by atoms with Crippen molar-refractivity contribution >= 4 is 11.3 Å². The number of hydrogen-bond donors (Lipinski definition) is 1. The summed E-state index contributed by atoms with van der Waals surface area (Å²) in [5.41, 5.74) is 6.01. The van der Waals surface area contributed by atoms with Crippen molar-refractivity contribution in [3.05, 3.63) is 22.4 Å². The first-order chi connectivity index (χ1) is 8.22. The summed E-state index contributed by atoms with van der Waals surface area (Å²) < 4.78 is 0. The molecule has 96 valence electrons. The molecule has 0 aliphatic heterocycles. The van der Waals surface area contributed by atoms with Crippen LogP contribution in [0.4, 0.5) is 0 Å². The summed E-state index contributed by atoms with van der Waals surface area (Å²) in [7, 11) is 0. The van der Waals surface area contributed by atoms with Gasteiger partial charge in [0.05, 0.1) is 0 Å². The third-order valence-electron chi connectivity index (χ3n) is 3.94. The van der Waals surface area contributed by atoms with E-state index in [0.717, 1.165) is 19.0 Å². The molecule has 1 fully saturated rings. The molecular formula is C14H24N2S. The first-order valence-electron chi connectivity index (χ1n) is 6.70. The van der Waals surface area contributed by atoms with Crippen molar-refractivity contribution in [2.75, 3.05) is 6.54 Å². The van der Waals surface area contributed by atoms with Crippen molar-refractivity contribution in [3.63, 3.8) is 0 Å². The third-order valence-corrected chi connectivity index (χ3v) is 4.80. The Hall–Kier alpha value is -0.380. The van der Waals surface area contributed by atoms with Crippen LogP contribution in [0.5, 0.6) is 0 Å². The maximum Gasteiger partial charge on any atom is 0.0334 e. The average molecular weight is 252 g/mol. The van der Waals surface area contributed by atoms with E-state index >= 15 is 0 Å². The maximum absolute atomic E-state index is 6.01. The second-order valence-electron chi connectivity index (χ2n) is 5.34. The summed E-state index contributed by atoms with van der Waals surface area (Å²) in [6.45, 7) is 6.44. The lowest BCUT2D eigenvalue weighted by molar-refractivity contribution is 0.0686. The molecular weight excluding hydrogens is 228 g/mol. The summed E-state index contributed by atoms with van der Waals surface area (Å²) in [5.74, 6) is 0.836. The highest BCUT2D eigenvalue weighted by molar-refractivity contribution is 7.09. The molecule has 1 unspecified atom stereocenters. The second-order valence-corrected chi connectivity index (χ2v) is 6.37. The highest BCUT2D eigenvalue weighted by Gasteiger charge is 2.32. The van der Waals surface area contributed by atoms with Gasteiger partial charge in [-0.05, 0) is 44.1 Å². The van der Waals surface area contributed by atoms with Gasteiger partial charge in [0, 0.05) is 30.1 Å². The molecule has 17 heavy (non-hydrogen) atoms. The van der Waals surface area contributed by atoms with Crippen molar-refractivity contribution in [1.29, 1.82) is 0 Å². The smallest absolute Gasteiger partial charge is 0.0334 e. The Bertz CT molecular complexity index is 317. The van der Waals surface area contributed by atoms with Gasteiger partial charge in [-0.3, -0.25) is 4.90 Å². The number of thiophene rings is 1. The van der Waals surface area contributed by atoms with Gasteiger partial charge in [-0.15, -0.1) is 11.3 Å². The monoisotopic (exact) mass is 252 g/mol. The quantitative estimate of drug-likeness (QED) is 0.843. The lowest BCUT2D eigenvalue weighted by Crippen LogP contribution is -2.50. The first kappa shape index (κ1) is 13.1. The van der Waals surface area contributed by atoms with Crippen LogP contribution in [0, 0.1) is 5.92 Å². The van der Waals surface area contributed by atoms with Crippen LogP contribution in [0.3, 0.4) is 0 Å². The lowest BCUT2D eigenvalue weighted by atomic mass is 9.78. The average Bonchev–Trinajstić information content (AvgIpc) is 2.72. The highest BCUT2D eigenvalue weighted by atomic mass is 32.1. The zero-order chi connectivity index (χ0) is 12.3. The van der Waals surface area contributed by atoms with Crippen molar-refractivity contribution in [2.45, 2.75) is 51.7 Å². The Morgan fingerprint density at radius 2 is 2.24 bits per heavy atom. The molecule has 1 aromatic rings. The van der Waals surface area contributed by atoms with Crippen LogP contribution in [-0.4, -0.2) is 23.5 Å². The zero-order valence-corrected chi connectivity index (χ0v) is 11.7. The largest absolute Gasteiger partial charge is 0.329 e. The van der Waals surface area contributed by atoms with Crippen LogP contribution in [0.2, 0.25) is 0 Å². The minimum Gasteiger partial charge on any atom is -0.329 e. The molecule has 1 aromatic heterocycles. The molecule has 2 rings (SSSR count). The van der Waals surface area contributed by atoms with E-state index in [1.807, 2.05) is 11.3 Å². The zero-order valence-electron chi connectivity index (χ0n) is 10.9. The molecule has 0 radical (unpaired) electrons. The summed E-state index contributed by atoms with van der Waals surface area (Å²) in [4.78, 5) is 4.05. The van der Waals surface area contributed by atoms with E-state index in [9.17, 15) is 0 Å². The summed E-state index contributed by atoms with van der Waals surface area (Å²) in [6.07, 6.45) is 4.14. The van der Waals surface area contributed by atoms with Crippen LogP contribution in [-0.2, 0) is 6.54 Å². The predicted molar refractivity (Wildman–Crippen MR) is 75.2 cm³/mol. The van der Waals surface area contributed by atoms with Crippen molar-refractivity contribution in [3.8, 4) is 0 Å².